The van der Waals surface area contributed by atoms with E-state index < -0.39 is 18.7 Å². The molecule has 2 atom stereocenters. The molecule has 0 fully saturated rings. The molecule has 0 amide bonds. The van der Waals surface area contributed by atoms with Crippen molar-refractivity contribution in [3.63, 3.8) is 0 Å². The van der Waals surface area contributed by atoms with Crippen molar-refractivity contribution in [2.45, 2.75) is 38.1 Å². The lowest BCUT2D eigenvalue weighted by molar-refractivity contribution is -0.139. The number of benzene rings is 1. The van der Waals surface area contributed by atoms with Gasteiger partial charge in [0.25, 0.3) is 0 Å². The molecule has 1 aromatic rings. The average Bonchev–Trinajstić information content (AvgIpc) is 2.37. The standard InChI is InChI=1S/C14H20F3NO/c1-3-12(18(2)10-9-14(15,16)17)13(19)11-7-5-4-6-8-11/h4-8,12-13,19H,3,9-10H2,1-2H3. The van der Waals surface area contributed by atoms with Crippen molar-refractivity contribution in [2.24, 2.45) is 0 Å². The highest BCUT2D eigenvalue weighted by Gasteiger charge is 2.30. The number of nitrogens with zero attached hydrogens (tertiary/aromatic N) is 1. The first-order valence-corrected chi connectivity index (χ1v) is 6.35. The van der Waals surface area contributed by atoms with E-state index in [-0.39, 0.29) is 12.6 Å². The van der Waals surface area contributed by atoms with Crippen molar-refractivity contribution in [3.8, 4) is 0 Å². The molecule has 0 aliphatic rings. The molecule has 0 spiro atoms. The third-order valence-corrected chi connectivity index (χ3v) is 3.24. The van der Waals surface area contributed by atoms with Crippen molar-refractivity contribution in [2.75, 3.05) is 13.6 Å². The maximum absolute atomic E-state index is 12.2. The Balaban J connectivity index is 2.66. The van der Waals surface area contributed by atoms with E-state index in [0.717, 1.165) is 5.56 Å². The number of aliphatic hydroxyl groups excluding tert-OH is 1. The highest BCUT2D eigenvalue weighted by molar-refractivity contribution is 5.18. The Morgan fingerprint density at radius 2 is 1.79 bits per heavy atom. The summed E-state index contributed by atoms with van der Waals surface area (Å²) in [4.78, 5) is 1.57. The van der Waals surface area contributed by atoms with Crippen molar-refractivity contribution in [3.05, 3.63) is 35.9 Å². The molecule has 0 aromatic heterocycles. The second kappa shape index (κ2) is 6.91. The number of rotatable bonds is 6. The average molecular weight is 275 g/mol. The number of aliphatic hydroxyl groups is 1. The SMILES string of the molecule is CCC(C(O)c1ccccc1)N(C)CCC(F)(F)F. The lowest BCUT2D eigenvalue weighted by atomic mass is 9.99. The Hall–Kier alpha value is -1.07. The van der Waals surface area contributed by atoms with Crippen LogP contribution in [-0.4, -0.2) is 35.8 Å². The largest absolute Gasteiger partial charge is 0.390 e. The van der Waals surface area contributed by atoms with Crippen LogP contribution in [0.3, 0.4) is 0 Å². The molecule has 108 valence electrons. The van der Waals surface area contributed by atoms with E-state index >= 15 is 0 Å². The van der Waals surface area contributed by atoms with Crippen LogP contribution in [0.5, 0.6) is 0 Å². The molecule has 0 saturated heterocycles. The van der Waals surface area contributed by atoms with Crippen LogP contribution in [-0.2, 0) is 0 Å². The molecule has 0 heterocycles. The number of hydrogen-bond donors (Lipinski definition) is 1. The van der Waals surface area contributed by atoms with E-state index in [0.29, 0.717) is 6.42 Å². The third kappa shape index (κ3) is 5.20. The van der Waals surface area contributed by atoms with E-state index in [9.17, 15) is 18.3 Å². The molecule has 0 radical (unpaired) electrons. The first-order valence-electron chi connectivity index (χ1n) is 6.35. The summed E-state index contributed by atoms with van der Waals surface area (Å²) in [6, 6.07) is 8.70. The smallest absolute Gasteiger partial charge is 0.387 e. The molecule has 19 heavy (non-hydrogen) atoms. The second-order valence-corrected chi connectivity index (χ2v) is 4.68. The van der Waals surface area contributed by atoms with Crippen LogP contribution in [0, 0.1) is 0 Å². The van der Waals surface area contributed by atoms with Gasteiger partial charge >= 0.3 is 6.18 Å². The van der Waals surface area contributed by atoms with Crippen molar-refractivity contribution in [1.29, 1.82) is 0 Å². The van der Waals surface area contributed by atoms with E-state index in [1.807, 2.05) is 13.0 Å². The van der Waals surface area contributed by atoms with Gasteiger partial charge in [0.2, 0.25) is 0 Å². The van der Waals surface area contributed by atoms with Crippen LogP contribution in [0.2, 0.25) is 0 Å². The maximum atomic E-state index is 12.2. The second-order valence-electron chi connectivity index (χ2n) is 4.68. The van der Waals surface area contributed by atoms with Gasteiger partial charge in [-0.05, 0) is 19.0 Å². The number of alkyl halides is 3. The van der Waals surface area contributed by atoms with Crippen LogP contribution in [0.1, 0.15) is 31.4 Å². The summed E-state index contributed by atoms with van der Waals surface area (Å²) in [6.07, 6.45) is -5.21. The Labute approximate surface area is 111 Å². The van der Waals surface area contributed by atoms with E-state index in [4.69, 9.17) is 0 Å². The Kier molecular flexibility index (Phi) is 5.82. The van der Waals surface area contributed by atoms with E-state index in [2.05, 4.69) is 0 Å². The quantitative estimate of drug-likeness (QED) is 0.860. The lowest BCUT2D eigenvalue weighted by Gasteiger charge is -2.31. The molecule has 0 aliphatic carbocycles. The zero-order chi connectivity index (χ0) is 14.5. The fraction of sp³-hybridized carbons (Fsp3) is 0.571. The Morgan fingerprint density at radius 3 is 2.26 bits per heavy atom. The van der Waals surface area contributed by atoms with Crippen LogP contribution in [0.15, 0.2) is 30.3 Å². The lowest BCUT2D eigenvalue weighted by Crippen LogP contribution is -2.38. The number of likely N-dealkylation sites (N-methyl/N-ethyl adjacent to an activating group) is 1. The summed E-state index contributed by atoms with van der Waals surface area (Å²) >= 11 is 0. The predicted molar refractivity (Wildman–Crippen MR) is 68.8 cm³/mol. The molecule has 1 rings (SSSR count). The summed E-state index contributed by atoms with van der Waals surface area (Å²) in [7, 11) is 1.62. The third-order valence-electron chi connectivity index (χ3n) is 3.24. The van der Waals surface area contributed by atoms with E-state index in [1.54, 1.807) is 36.2 Å². The van der Waals surface area contributed by atoms with Gasteiger partial charge in [-0.1, -0.05) is 37.3 Å². The maximum Gasteiger partial charge on any atom is 0.390 e. The molecule has 1 aromatic carbocycles. The van der Waals surface area contributed by atoms with Crippen LogP contribution in [0.4, 0.5) is 13.2 Å². The molecule has 2 unspecified atom stereocenters. The predicted octanol–water partition coefficient (Wildman–Crippen LogP) is 3.38. The summed E-state index contributed by atoms with van der Waals surface area (Å²) in [6.45, 7) is 1.76. The zero-order valence-corrected chi connectivity index (χ0v) is 11.2. The number of halogens is 3. The van der Waals surface area contributed by atoms with Gasteiger partial charge in [-0.25, -0.2) is 0 Å². The molecule has 0 aliphatic heterocycles. The van der Waals surface area contributed by atoms with Crippen molar-refractivity contribution in [1.82, 2.24) is 4.90 Å². The molecule has 0 saturated carbocycles. The topological polar surface area (TPSA) is 23.5 Å². The van der Waals surface area contributed by atoms with Crippen molar-refractivity contribution < 1.29 is 18.3 Å². The summed E-state index contributed by atoms with van der Waals surface area (Å²) in [5, 5.41) is 10.3. The normalized spacial score (nSPS) is 15.5. The zero-order valence-electron chi connectivity index (χ0n) is 11.2. The molecule has 0 bridgehead atoms. The van der Waals surface area contributed by atoms with Gasteiger partial charge < -0.3 is 10.0 Å². The van der Waals surface area contributed by atoms with Crippen LogP contribution >= 0.6 is 0 Å². The molecular formula is C14H20F3NO. The van der Waals surface area contributed by atoms with Gasteiger partial charge in [-0.3, -0.25) is 0 Å². The molecule has 5 heteroatoms. The van der Waals surface area contributed by atoms with Gasteiger partial charge in [-0.15, -0.1) is 0 Å². The van der Waals surface area contributed by atoms with Crippen LogP contribution < -0.4 is 0 Å². The molecular weight excluding hydrogens is 255 g/mol. The highest BCUT2D eigenvalue weighted by atomic mass is 19.4. The van der Waals surface area contributed by atoms with Gasteiger partial charge in [0.05, 0.1) is 12.5 Å². The minimum Gasteiger partial charge on any atom is -0.387 e. The molecule has 2 nitrogen and oxygen atoms in total. The number of hydrogen-bond acceptors (Lipinski definition) is 2. The van der Waals surface area contributed by atoms with Gasteiger partial charge in [0.15, 0.2) is 0 Å². The minimum absolute atomic E-state index is 0.105. The summed E-state index contributed by atoms with van der Waals surface area (Å²) in [5.41, 5.74) is 0.730. The van der Waals surface area contributed by atoms with Gasteiger partial charge in [-0.2, -0.15) is 13.2 Å². The fourth-order valence-corrected chi connectivity index (χ4v) is 2.12. The summed E-state index contributed by atoms with van der Waals surface area (Å²) < 4.78 is 36.7. The van der Waals surface area contributed by atoms with Crippen molar-refractivity contribution >= 4 is 0 Å². The first-order chi connectivity index (χ1) is 8.85. The Bertz CT molecular complexity index is 367. The van der Waals surface area contributed by atoms with Crippen LogP contribution in [0.25, 0.3) is 0 Å². The molecule has 1 N–H and O–H groups in total. The highest BCUT2D eigenvalue weighted by Crippen LogP contribution is 2.25. The Morgan fingerprint density at radius 1 is 1.21 bits per heavy atom. The van der Waals surface area contributed by atoms with E-state index in [1.165, 1.54) is 0 Å². The monoisotopic (exact) mass is 275 g/mol. The first kappa shape index (κ1) is 16.0. The van der Waals surface area contributed by atoms with Gasteiger partial charge in [0, 0.05) is 12.6 Å². The van der Waals surface area contributed by atoms with Gasteiger partial charge in [0.1, 0.15) is 0 Å². The summed E-state index contributed by atoms with van der Waals surface area (Å²) in [5.74, 6) is 0. The minimum atomic E-state index is -4.16. The fourth-order valence-electron chi connectivity index (χ4n) is 2.12.